The number of hydrogen-bond acceptors (Lipinski definition) is 2. The molecule has 0 bridgehead atoms. The second kappa shape index (κ2) is 6.39. The maximum absolute atomic E-state index is 13.7. The number of piperidine rings is 1. The second-order valence-corrected chi connectivity index (χ2v) is 6.54. The molecule has 4 heteroatoms. The van der Waals surface area contributed by atoms with Gasteiger partial charge in [0.1, 0.15) is 5.82 Å². The minimum atomic E-state index is -1.03. The van der Waals surface area contributed by atoms with Crippen molar-refractivity contribution in [2.45, 2.75) is 33.2 Å². The maximum Gasteiger partial charge on any atom is 0.328 e. The Morgan fingerprint density at radius 3 is 2.86 bits per heavy atom. The first-order valence-corrected chi connectivity index (χ1v) is 7.27. The maximum atomic E-state index is 13.7. The van der Waals surface area contributed by atoms with Crippen LogP contribution in [0, 0.1) is 11.2 Å². The molecule has 2 rings (SSSR count). The molecule has 1 aliphatic rings. The molecule has 0 atom stereocenters. The van der Waals surface area contributed by atoms with E-state index >= 15 is 0 Å². The third-order valence-electron chi connectivity index (χ3n) is 3.78. The van der Waals surface area contributed by atoms with E-state index in [1.54, 1.807) is 0 Å². The number of carboxylic acid groups (broad SMARTS) is 1. The molecule has 114 valence electrons. The summed E-state index contributed by atoms with van der Waals surface area (Å²) in [5, 5.41) is 8.64. The van der Waals surface area contributed by atoms with Crippen LogP contribution >= 0.6 is 0 Å². The Kier molecular flexibility index (Phi) is 4.78. The first-order chi connectivity index (χ1) is 9.84. The Labute approximate surface area is 125 Å². The van der Waals surface area contributed by atoms with Crippen molar-refractivity contribution in [3.8, 4) is 0 Å². The van der Waals surface area contributed by atoms with Crippen molar-refractivity contribution in [2.24, 2.45) is 5.41 Å². The summed E-state index contributed by atoms with van der Waals surface area (Å²) in [6, 6.07) is 4.73. The molecule has 0 amide bonds. The monoisotopic (exact) mass is 291 g/mol. The van der Waals surface area contributed by atoms with Gasteiger partial charge in [-0.1, -0.05) is 19.9 Å². The van der Waals surface area contributed by atoms with Crippen molar-refractivity contribution < 1.29 is 14.3 Å². The normalized spacial score (nSPS) is 19.0. The van der Waals surface area contributed by atoms with Crippen LogP contribution < -0.4 is 0 Å². The number of carboxylic acids is 1. The van der Waals surface area contributed by atoms with Gasteiger partial charge in [-0.2, -0.15) is 0 Å². The van der Waals surface area contributed by atoms with Gasteiger partial charge in [0.15, 0.2) is 0 Å². The number of hydrogen-bond donors (Lipinski definition) is 1. The summed E-state index contributed by atoms with van der Waals surface area (Å²) in [6.45, 7) is 7.25. The van der Waals surface area contributed by atoms with Crippen LogP contribution in [0.3, 0.4) is 0 Å². The molecule has 3 nitrogen and oxygen atoms in total. The Hall–Kier alpha value is -1.68. The van der Waals surface area contributed by atoms with Crippen molar-refractivity contribution >= 4 is 12.0 Å². The van der Waals surface area contributed by atoms with E-state index < -0.39 is 5.97 Å². The Morgan fingerprint density at radius 1 is 1.43 bits per heavy atom. The van der Waals surface area contributed by atoms with E-state index in [-0.39, 0.29) is 5.82 Å². The van der Waals surface area contributed by atoms with Crippen molar-refractivity contribution in [1.29, 1.82) is 0 Å². The van der Waals surface area contributed by atoms with E-state index in [4.69, 9.17) is 5.11 Å². The van der Waals surface area contributed by atoms with Gasteiger partial charge in [0.25, 0.3) is 0 Å². The lowest BCUT2D eigenvalue weighted by molar-refractivity contribution is -0.131. The molecule has 0 saturated carbocycles. The lowest BCUT2D eigenvalue weighted by atomic mass is 9.84. The summed E-state index contributed by atoms with van der Waals surface area (Å²) >= 11 is 0. The van der Waals surface area contributed by atoms with Crippen LogP contribution in [-0.2, 0) is 11.3 Å². The summed E-state index contributed by atoms with van der Waals surface area (Å²) < 4.78 is 13.7. The summed E-state index contributed by atoms with van der Waals surface area (Å²) in [7, 11) is 0. The van der Waals surface area contributed by atoms with Gasteiger partial charge in [-0.05, 0) is 54.1 Å². The molecule has 21 heavy (non-hydrogen) atoms. The minimum absolute atomic E-state index is 0.303. The van der Waals surface area contributed by atoms with Gasteiger partial charge in [-0.15, -0.1) is 0 Å². The molecule has 1 heterocycles. The van der Waals surface area contributed by atoms with Crippen LogP contribution in [0.2, 0.25) is 0 Å². The summed E-state index contributed by atoms with van der Waals surface area (Å²) in [4.78, 5) is 12.9. The quantitative estimate of drug-likeness (QED) is 0.863. The lowest BCUT2D eigenvalue weighted by Crippen LogP contribution is -2.39. The number of aliphatic carboxylic acids is 1. The molecule has 0 aliphatic carbocycles. The van der Waals surface area contributed by atoms with Gasteiger partial charge >= 0.3 is 5.97 Å². The highest BCUT2D eigenvalue weighted by molar-refractivity contribution is 5.85. The molecule has 0 spiro atoms. The van der Waals surface area contributed by atoms with Gasteiger partial charge in [0.2, 0.25) is 0 Å². The molecule has 1 fully saturated rings. The zero-order valence-corrected chi connectivity index (χ0v) is 12.6. The predicted octanol–water partition coefficient (Wildman–Crippen LogP) is 3.55. The highest BCUT2D eigenvalue weighted by Crippen LogP contribution is 2.29. The Morgan fingerprint density at radius 2 is 2.19 bits per heavy atom. The van der Waals surface area contributed by atoms with E-state index in [0.29, 0.717) is 17.5 Å². The third kappa shape index (κ3) is 4.97. The minimum Gasteiger partial charge on any atom is -0.478 e. The van der Waals surface area contributed by atoms with Gasteiger partial charge in [0.05, 0.1) is 0 Å². The van der Waals surface area contributed by atoms with Crippen LogP contribution in [0.25, 0.3) is 6.08 Å². The van der Waals surface area contributed by atoms with E-state index in [2.05, 4.69) is 18.7 Å². The van der Waals surface area contributed by atoms with E-state index in [1.165, 1.54) is 24.6 Å². The molecule has 0 aromatic heterocycles. The van der Waals surface area contributed by atoms with Crippen LogP contribution in [0.4, 0.5) is 4.39 Å². The van der Waals surface area contributed by atoms with Crippen molar-refractivity contribution in [3.05, 3.63) is 41.2 Å². The largest absolute Gasteiger partial charge is 0.478 e. The first kappa shape index (κ1) is 15.7. The molecule has 1 saturated heterocycles. The Balaban J connectivity index is 2.11. The van der Waals surface area contributed by atoms with Crippen molar-refractivity contribution in [1.82, 2.24) is 4.90 Å². The number of halogens is 1. The zero-order valence-electron chi connectivity index (χ0n) is 12.6. The van der Waals surface area contributed by atoms with Crippen LogP contribution in [-0.4, -0.2) is 29.1 Å². The predicted molar refractivity (Wildman–Crippen MR) is 81.4 cm³/mol. The highest BCUT2D eigenvalue weighted by Gasteiger charge is 2.26. The van der Waals surface area contributed by atoms with Crippen LogP contribution in [0.1, 0.15) is 37.8 Å². The number of likely N-dealkylation sites (tertiary alicyclic amines) is 1. The standard InChI is InChI=1S/C17H22FNO2/c1-17(2)6-3-7-19(12-17)11-14-8-13(4-5-16(20)21)9-15(18)10-14/h4-5,8-10H,3,6-7,11-12H2,1-2H3,(H,20,21). The molecule has 0 radical (unpaired) electrons. The second-order valence-electron chi connectivity index (χ2n) is 6.54. The summed E-state index contributed by atoms with van der Waals surface area (Å²) in [5.74, 6) is -1.35. The average Bonchev–Trinajstić information content (AvgIpc) is 2.34. The Bertz CT molecular complexity index is 552. The van der Waals surface area contributed by atoms with Crippen LogP contribution in [0.5, 0.6) is 0 Å². The van der Waals surface area contributed by atoms with Gasteiger partial charge in [-0.25, -0.2) is 9.18 Å². The molecular weight excluding hydrogens is 269 g/mol. The number of nitrogens with zero attached hydrogens (tertiary/aromatic N) is 1. The van der Waals surface area contributed by atoms with Crippen LogP contribution in [0.15, 0.2) is 24.3 Å². The van der Waals surface area contributed by atoms with Gasteiger partial charge < -0.3 is 5.11 Å². The first-order valence-electron chi connectivity index (χ1n) is 7.27. The average molecular weight is 291 g/mol. The number of carbonyl (C=O) groups is 1. The fourth-order valence-corrected chi connectivity index (χ4v) is 2.97. The van der Waals surface area contributed by atoms with Gasteiger partial charge in [0, 0.05) is 19.2 Å². The lowest BCUT2D eigenvalue weighted by Gasteiger charge is -2.38. The number of benzene rings is 1. The number of rotatable bonds is 4. The third-order valence-corrected chi connectivity index (χ3v) is 3.78. The molecule has 1 aromatic carbocycles. The molecule has 0 unspecified atom stereocenters. The topological polar surface area (TPSA) is 40.5 Å². The fourth-order valence-electron chi connectivity index (χ4n) is 2.97. The smallest absolute Gasteiger partial charge is 0.328 e. The molecular formula is C17H22FNO2. The molecule has 1 aliphatic heterocycles. The summed E-state index contributed by atoms with van der Waals surface area (Å²) in [5.41, 5.74) is 1.78. The van der Waals surface area contributed by atoms with E-state index in [0.717, 1.165) is 31.1 Å². The molecule has 1 N–H and O–H groups in total. The van der Waals surface area contributed by atoms with Crippen molar-refractivity contribution in [3.63, 3.8) is 0 Å². The SMILES string of the molecule is CC1(C)CCCN(Cc2cc(F)cc(C=CC(=O)O)c2)C1. The van der Waals surface area contributed by atoms with Gasteiger partial charge in [-0.3, -0.25) is 4.90 Å². The van der Waals surface area contributed by atoms with E-state index in [9.17, 15) is 9.18 Å². The van der Waals surface area contributed by atoms with E-state index in [1.807, 2.05) is 6.07 Å². The zero-order chi connectivity index (χ0) is 15.5. The molecule has 1 aromatic rings. The van der Waals surface area contributed by atoms with Crippen molar-refractivity contribution in [2.75, 3.05) is 13.1 Å². The summed E-state index contributed by atoms with van der Waals surface area (Å²) in [6.07, 6.45) is 4.84. The fraction of sp³-hybridized carbons (Fsp3) is 0.471. The highest BCUT2D eigenvalue weighted by atomic mass is 19.1.